The van der Waals surface area contributed by atoms with E-state index >= 15 is 0 Å². The van der Waals surface area contributed by atoms with Gasteiger partial charge in [0.25, 0.3) is 5.91 Å². The van der Waals surface area contributed by atoms with Crippen LogP contribution in [0.15, 0.2) is 53.1 Å². The second kappa shape index (κ2) is 8.67. The Kier molecular flexibility index (Phi) is 6.58. The molecule has 2 aromatic rings. The second-order valence-corrected chi connectivity index (χ2v) is 7.39. The molecule has 0 unspecified atom stereocenters. The van der Waals surface area contributed by atoms with Crippen LogP contribution in [0.25, 0.3) is 0 Å². The first-order valence-electron chi connectivity index (χ1n) is 8.73. The van der Waals surface area contributed by atoms with Crippen molar-refractivity contribution in [2.45, 2.75) is 32.4 Å². The van der Waals surface area contributed by atoms with Crippen LogP contribution in [0.3, 0.4) is 0 Å². The summed E-state index contributed by atoms with van der Waals surface area (Å²) in [5.41, 5.74) is 0.744. The molecule has 6 heteroatoms. The van der Waals surface area contributed by atoms with Crippen molar-refractivity contribution in [2.75, 3.05) is 20.1 Å². The third-order valence-electron chi connectivity index (χ3n) is 3.86. The number of nitrogens with two attached hydrogens (primary N) is 1. The van der Waals surface area contributed by atoms with Crippen molar-refractivity contribution in [3.63, 3.8) is 0 Å². The minimum Gasteiger partial charge on any atom is -0.463 e. The summed E-state index contributed by atoms with van der Waals surface area (Å²) in [5.74, 6) is 0.512. The maximum absolute atomic E-state index is 12.4. The number of hydrogen-bond donors (Lipinski definition) is 2. The fraction of sp³-hybridized carbons (Fsp3) is 0.400. The summed E-state index contributed by atoms with van der Waals surface area (Å²) in [7, 11) is 1.64. The van der Waals surface area contributed by atoms with E-state index in [1.54, 1.807) is 13.3 Å². The van der Waals surface area contributed by atoms with Crippen molar-refractivity contribution >= 4 is 11.8 Å². The van der Waals surface area contributed by atoms with Crippen molar-refractivity contribution < 1.29 is 19.3 Å². The SMILES string of the molecule is CN(CC(=O)NC(C)(C)C)C(=O)C[NH2+][C@H](c1ccccc1)c1ccco1. The first-order valence-corrected chi connectivity index (χ1v) is 8.73. The molecule has 1 atom stereocenters. The van der Waals surface area contributed by atoms with Crippen molar-refractivity contribution in [1.29, 1.82) is 0 Å². The zero-order valence-corrected chi connectivity index (χ0v) is 15.9. The number of likely N-dealkylation sites (N-methyl/N-ethyl adjacent to an activating group) is 1. The normalized spacial score (nSPS) is 12.5. The van der Waals surface area contributed by atoms with E-state index in [-0.39, 0.29) is 36.5 Å². The minimum atomic E-state index is -0.315. The van der Waals surface area contributed by atoms with Crippen LogP contribution in [0.2, 0.25) is 0 Å². The van der Waals surface area contributed by atoms with E-state index in [1.807, 2.05) is 68.6 Å². The molecule has 0 fully saturated rings. The lowest BCUT2D eigenvalue weighted by Crippen LogP contribution is -2.87. The standard InChI is InChI=1S/C20H27N3O3/c1-20(2,3)22-17(24)14-23(4)18(25)13-21-19(16-11-8-12-26-16)15-9-6-5-7-10-15/h5-12,19,21H,13-14H2,1-4H3,(H,22,24)/p+1/t19-/m1/s1. The van der Waals surface area contributed by atoms with Crippen LogP contribution in [-0.4, -0.2) is 42.4 Å². The van der Waals surface area contributed by atoms with Crippen molar-refractivity contribution in [2.24, 2.45) is 0 Å². The van der Waals surface area contributed by atoms with Crippen molar-refractivity contribution in [3.8, 4) is 0 Å². The molecule has 0 aliphatic heterocycles. The smallest absolute Gasteiger partial charge is 0.277 e. The van der Waals surface area contributed by atoms with Gasteiger partial charge in [0.2, 0.25) is 5.91 Å². The fourth-order valence-electron chi connectivity index (χ4n) is 2.68. The summed E-state index contributed by atoms with van der Waals surface area (Å²) in [4.78, 5) is 25.9. The Balaban J connectivity index is 1.96. The van der Waals surface area contributed by atoms with Gasteiger partial charge in [-0.3, -0.25) is 9.59 Å². The van der Waals surface area contributed by atoms with Gasteiger partial charge in [-0.25, -0.2) is 0 Å². The zero-order chi connectivity index (χ0) is 19.2. The van der Waals surface area contributed by atoms with Gasteiger partial charge < -0.3 is 20.0 Å². The topological polar surface area (TPSA) is 79.2 Å². The molecule has 140 valence electrons. The lowest BCUT2D eigenvalue weighted by Gasteiger charge is -2.23. The Morgan fingerprint density at radius 3 is 2.42 bits per heavy atom. The number of furan rings is 1. The van der Waals surface area contributed by atoms with E-state index in [1.165, 1.54) is 4.90 Å². The molecule has 1 heterocycles. The van der Waals surface area contributed by atoms with Gasteiger partial charge in [-0.1, -0.05) is 30.3 Å². The van der Waals surface area contributed by atoms with E-state index in [0.717, 1.165) is 11.3 Å². The molecular weight excluding hydrogens is 330 g/mol. The predicted molar refractivity (Wildman–Crippen MR) is 99.3 cm³/mol. The van der Waals surface area contributed by atoms with Crippen LogP contribution in [-0.2, 0) is 9.59 Å². The summed E-state index contributed by atoms with van der Waals surface area (Å²) < 4.78 is 5.54. The van der Waals surface area contributed by atoms with Crippen LogP contribution < -0.4 is 10.6 Å². The van der Waals surface area contributed by atoms with Crippen LogP contribution in [0.5, 0.6) is 0 Å². The number of carbonyl (C=O) groups excluding carboxylic acids is 2. The molecule has 2 amide bonds. The maximum atomic E-state index is 12.4. The van der Waals surface area contributed by atoms with Gasteiger partial charge in [0.15, 0.2) is 18.3 Å². The summed E-state index contributed by atoms with van der Waals surface area (Å²) in [5, 5.41) is 4.79. The van der Waals surface area contributed by atoms with E-state index in [4.69, 9.17) is 4.42 Å². The summed E-state index contributed by atoms with van der Waals surface area (Å²) in [6.45, 7) is 6.00. The molecular formula is C20H28N3O3+. The first kappa shape index (κ1) is 19.7. The first-order chi connectivity index (χ1) is 12.3. The average Bonchev–Trinajstić information content (AvgIpc) is 3.08. The molecule has 0 bridgehead atoms. The van der Waals surface area contributed by atoms with Crippen molar-refractivity contribution in [3.05, 3.63) is 60.1 Å². The predicted octanol–water partition coefficient (Wildman–Crippen LogP) is 1.31. The summed E-state index contributed by atoms with van der Waals surface area (Å²) in [6.07, 6.45) is 1.63. The second-order valence-electron chi connectivity index (χ2n) is 7.39. The number of nitrogens with one attached hydrogen (secondary N) is 1. The maximum Gasteiger partial charge on any atom is 0.277 e. The van der Waals surface area contributed by atoms with Gasteiger partial charge in [-0.05, 0) is 32.9 Å². The molecule has 0 radical (unpaired) electrons. The Morgan fingerprint density at radius 2 is 1.85 bits per heavy atom. The van der Waals surface area contributed by atoms with Crippen LogP contribution in [0, 0.1) is 0 Å². The van der Waals surface area contributed by atoms with E-state index in [0.29, 0.717) is 0 Å². The molecule has 26 heavy (non-hydrogen) atoms. The fourth-order valence-corrected chi connectivity index (χ4v) is 2.68. The quantitative estimate of drug-likeness (QED) is 0.783. The van der Waals surface area contributed by atoms with Gasteiger partial charge in [0.1, 0.15) is 0 Å². The highest BCUT2D eigenvalue weighted by molar-refractivity contribution is 5.85. The number of carbonyl (C=O) groups is 2. The van der Waals surface area contributed by atoms with E-state index < -0.39 is 0 Å². The van der Waals surface area contributed by atoms with Gasteiger partial charge in [-0.2, -0.15) is 0 Å². The monoisotopic (exact) mass is 358 g/mol. The number of nitrogens with zero attached hydrogens (tertiary/aromatic N) is 1. The molecule has 6 nitrogen and oxygen atoms in total. The largest absolute Gasteiger partial charge is 0.463 e. The number of hydrogen-bond acceptors (Lipinski definition) is 3. The van der Waals surface area contributed by atoms with Crippen LogP contribution in [0.4, 0.5) is 0 Å². The Morgan fingerprint density at radius 1 is 1.15 bits per heavy atom. The summed E-state index contributed by atoms with van der Waals surface area (Å²) >= 11 is 0. The highest BCUT2D eigenvalue weighted by Crippen LogP contribution is 2.18. The van der Waals surface area contributed by atoms with Crippen LogP contribution in [0.1, 0.15) is 38.1 Å². The lowest BCUT2D eigenvalue weighted by molar-refractivity contribution is -0.679. The van der Waals surface area contributed by atoms with Gasteiger partial charge in [0, 0.05) is 18.2 Å². The van der Waals surface area contributed by atoms with Gasteiger partial charge in [-0.15, -0.1) is 0 Å². The highest BCUT2D eigenvalue weighted by Gasteiger charge is 2.23. The number of rotatable bonds is 7. The highest BCUT2D eigenvalue weighted by atomic mass is 16.3. The number of benzene rings is 1. The third-order valence-corrected chi connectivity index (χ3v) is 3.86. The molecule has 0 saturated carbocycles. The molecule has 0 spiro atoms. The number of amides is 2. The third kappa shape index (κ3) is 6.04. The molecule has 3 N–H and O–H groups in total. The lowest BCUT2D eigenvalue weighted by atomic mass is 10.0. The number of quaternary nitrogens is 1. The van der Waals surface area contributed by atoms with Gasteiger partial charge >= 0.3 is 0 Å². The Bertz CT molecular complexity index is 706. The Hall–Kier alpha value is -2.60. The molecule has 0 aliphatic rings. The van der Waals surface area contributed by atoms with E-state index in [2.05, 4.69) is 5.32 Å². The van der Waals surface area contributed by atoms with Crippen LogP contribution >= 0.6 is 0 Å². The van der Waals surface area contributed by atoms with Gasteiger partial charge in [0.05, 0.1) is 12.8 Å². The summed E-state index contributed by atoms with van der Waals surface area (Å²) in [6, 6.07) is 13.5. The minimum absolute atomic E-state index is 0.0424. The molecule has 1 aromatic carbocycles. The average molecular weight is 358 g/mol. The van der Waals surface area contributed by atoms with E-state index in [9.17, 15) is 9.59 Å². The zero-order valence-electron chi connectivity index (χ0n) is 15.9. The molecule has 2 rings (SSSR count). The molecule has 0 saturated heterocycles. The van der Waals surface area contributed by atoms with Crippen molar-refractivity contribution in [1.82, 2.24) is 10.2 Å². The Labute approximate surface area is 154 Å². The molecule has 1 aromatic heterocycles. The molecule has 0 aliphatic carbocycles.